The number of para-hydroxylation sites is 2. The maximum atomic E-state index is 6.10. The fourth-order valence-electron chi connectivity index (χ4n) is 3.44. The van der Waals surface area contributed by atoms with Crippen LogP contribution >= 0.6 is 0 Å². The Morgan fingerprint density at radius 2 is 1.33 bits per heavy atom. The molecule has 33 heavy (non-hydrogen) atoms. The van der Waals surface area contributed by atoms with Crippen LogP contribution in [0.4, 0.5) is 0 Å². The fraction of sp³-hybridized carbons (Fsp3) is 0.115. The summed E-state index contributed by atoms with van der Waals surface area (Å²) < 4.78 is 23.3. The predicted molar refractivity (Wildman–Crippen MR) is 123 cm³/mol. The summed E-state index contributed by atoms with van der Waals surface area (Å²) in [5.74, 6) is 3.31. The van der Waals surface area contributed by atoms with Crippen molar-refractivity contribution in [1.82, 2.24) is 15.2 Å². The van der Waals surface area contributed by atoms with Gasteiger partial charge in [0.1, 0.15) is 29.6 Å². The third-order valence-electron chi connectivity index (χ3n) is 5.16. The first-order valence-electron chi connectivity index (χ1n) is 10.4. The highest BCUT2D eigenvalue weighted by atomic mass is 16.5. The minimum atomic E-state index is 0.223. The van der Waals surface area contributed by atoms with E-state index < -0.39 is 0 Å². The molecule has 0 aliphatic carbocycles. The van der Waals surface area contributed by atoms with Crippen molar-refractivity contribution < 1.29 is 18.3 Å². The lowest BCUT2D eigenvalue weighted by molar-refractivity contribution is 0.300. The van der Waals surface area contributed by atoms with E-state index in [1.807, 2.05) is 85.8 Å². The fourth-order valence-corrected chi connectivity index (χ4v) is 3.44. The van der Waals surface area contributed by atoms with Gasteiger partial charge < -0.3 is 18.3 Å². The Kier molecular flexibility index (Phi) is 5.59. The summed E-state index contributed by atoms with van der Waals surface area (Å²) in [6.07, 6.45) is 0. The van der Waals surface area contributed by atoms with Gasteiger partial charge in [-0.25, -0.2) is 4.98 Å². The Hall–Kier alpha value is -4.39. The molecule has 0 N–H and O–H groups in total. The molecule has 5 aromatic rings. The molecule has 2 heterocycles. The Labute approximate surface area is 190 Å². The molecule has 0 aliphatic heterocycles. The van der Waals surface area contributed by atoms with E-state index in [2.05, 4.69) is 15.2 Å². The number of ether oxygens (including phenoxy) is 2. The number of benzene rings is 3. The Morgan fingerprint density at radius 1 is 0.697 bits per heavy atom. The van der Waals surface area contributed by atoms with Crippen molar-refractivity contribution in [2.75, 3.05) is 7.11 Å². The van der Waals surface area contributed by atoms with Crippen molar-refractivity contribution in [1.29, 1.82) is 0 Å². The van der Waals surface area contributed by atoms with Crippen molar-refractivity contribution in [3.05, 3.63) is 90.3 Å². The highest BCUT2D eigenvalue weighted by molar-refractivity contribution is 5.65. The molecule has 0 bridgehead atoms. The minimum absolute atomic E-state index is 0.223. The summed E-state index contributed by atoms with van der Waals surface area (Å²) in [6.45, 7) is 2.09. The van der Waals surface area contributed by atoms with Gasteiger partial charge in [-0.05, 0) is 43.3 Å². The summed E-state index contributed by atoms with van der Waals surface area (Å²) in [5.41, 5.74) is 3.05. The average molecular weight is 439 g/mol. The third-order valence-corrected chi connectivity index (χ3v) is 5.16. The smallest absolute Gasteiger partial charge is 0.251 e. The Balaban J connectivity index is 1.38. The molecule has 0 unspecified atom stereocenters. The lowest BCUT2D eigenvalue weighted by atomic mass is 10.2. The summed E-state index contributed by atoms with van der Waals surface area (Å²) in [5, 5.41) is 8.39. The van der Waals surface area contributed by atoms with Gasteiger partial charge in [-0.1, -0.05) is 42.5 Å². The predicted octanol–water partition coefficient (Wildman–Crippen LogP) is 5.95. The second kappa shape index (κ2) is 9.00. The van der Waals surface area contributed by atoms with Gasteiger partial charge in [-0.3, -0.25) is 0 Å². The van der Waals surface area contributed by atoms with Gasteiger partial charge in [0.2, 0.25) is 11.8 Å². The van der Waals surface area contributed by atoms with E-state index in [1.54, 1.807) is 7.11 Å². The zero-order valence-corrected chi connectivity index (χ0v) is 18.2. The van der Waals surface area contributed by atoms with Crippen LogP contribution in [-0.4, -0.2) is 22.3 Å². The van der Waals surface area contributed by atoms with E-state index >= 15 is 0 Å². The molecule has 164 valence electrons. The van der Waals surface area contributed by atoms with E-state index in [0.717, 1.165) is 11.1 Å². The first kappa shape index (κ1) is 20.5. The first-order chi connectivity index (χ1) is 16.2. The van der Waals surface area contributed by atoms with Gasteiger partial charge in [0.15, 0.2) is 0 Å². The molecule has 2 aromatic heterocycles. The molecule has 3 aromatic carbocycles. The number of hydrogen-bond donors (Lipinski definition) is 0. The van der Waals surface area contributed by atoms with Gasteiger partial charge >= 0.3 is 0 Å². The quantitative estimate of drug-likeness (QED) is 0.310. The molecule has 0 saturated carbocycles. The van der Waals surface area contributed by atoms with Crippen LogP contribution in [0.1, 0.15) is 11.5 Å². The Morgan fingerprint density at radius 3 is 2.09 bits per heavy atom. The van der Waals surface area contributed by atoms with Crippen LogP contribution in [0.2, 0.25) is 0 Å². The van der Waals surface area contributed by atoms with Crippen molar-refractivity contribution in [2.45, 2.75) is 13.5 Å². The highest BCUT2D eigenvalue weighted by Crippen LogP contribution is 2.33. The van der Waals surface area contributed by atoms with Crippen LogP contribution in [-0.2, 0) is 6.61 Å². The third kappa shape index (κ3) is 4.21. The van der Waals surface area contributed by atoms with Crippen LogP contribution in [0.5, 0.6) is 11.5 Å². The minimum Gasteiger partial charge on any atom is -0.496 e. The molecule has 7 nitrogen and oxygen atoms in total. The molecule has 0 amide bonds. The summed E-state index contributed by atoms with van der Waals surface area (Å²) in [4.78, 5) is 4.63. The van der Waals surface area contributed by atoms with E-state index in [9.17, 15) is 0 Å². The van der Waals surface area contributed by atoms with E-state index in [-0.39, 0.29) is 6.61 Å². The second-order valence-corrected chi connectivity index (χ2v) is 7.29. The molecule has 0 aliphatic rings. The first-order valence-corrected chi connectivity index (χ1v) is 10.4. The average Bonchev–Trinajstić information content (AvgIpc) is 3.50. The van der Waals surface area contributed by atoms with E-state index in [4.69, 9.17) is 18.3 Å². The monoisotopic (exact) mass is 439 g/mol. The number of aromatic nitrogens is 3. The number of hydrogen-bond acceptors (Lipinski definition) is 7. The molecule has 7 heteroatoms. The Bertz CT molecular complexity index is 1380. The zero-order chi connectivity index (χ0) is 22.6. The van der Waals surface area contributed by atoms with Crippen molar-refractivity contribution in [3.8, 4) is 45.9 Å². The summed E-state index contributed by atoms with van der Waals surface area (Å²) >= 11 is 0. The molecule has 0 atom stereocenters. The van der Waals surface area contributed by atoms with E-state index in [0.29, 0.717) is 46.2 Å². The standard InChI is InChI=1S/C26H21N3O4/c1-17-21(27-25(32-17)19-12-6-8-14-22(19)30-2)16-31-23-15-9-7-13-20(23)26-29-28-24(33-26)18-10-4-3-5-11-18/h3-15H,16H2,1-2H3. The zero-order valence-electron chi connectivity index (χ0n) is 18.2. The lowest BCUT2D eigenvalue weighted by Gasteiger charge is -2.08. The molecule has 0 fully saturated rings. The molecule has 5 rings (SSSR count). The molecule has 0 spiro atoms. The SMILES string of the molecule is COc1ccccc1-c1nc(COc2ccccc2-c2nnc(-c3ccccc3)o2)c(C)o1. The molecular formula is C26H21N3O4. The van der Waals surface area contributed by atoms with Gasteiger partial charge in [0, 0.05) is 5.56 Å². The molecule has 0 saturated heterocycles. The number of rotatable bonds is 7. The van der Waals surface area contributed by atoms with Crippen LogP contribution in [0.25, 0.3) is 34.4 Å². The maximum absolute atomic E-state index is 6.10. The van der Waals surface area contributed by atoms with Crippen LogP contribution in [0, 0.1) is 6.92 Å². The van der Waals surface area contributed by atoms with Crippen LogP contribution in [0.15, 0.2) is 87.7 Å². The van der Waals surface area contributed by atoms with Crippen molar-refractivity contribution in [2.24, 2.45) is 0 Å². The summed E-state index contributed by atoms with van der Waals surface area (Å²) in [7, 11) is 1.62. The molecular weight excluding hydrogens is 418 g/mol. The van der Waals surface area contributed by atoms with Gasteiger partial charge in [0.25, 0.3) is 5.89 Å². The van der Waals surface area contributed by atoms with E-state index in [1.165, 1.54) is 0 Å². The number of nitrogens with zero attached hydrogens (tertiary/aromatic N) is 3. The van der Waals surface area contributed by atoms with Crippen molar-refractivity contribution in [3.63, 3.8) is 0 Å². The topological polar surface area (TPSA) is 83.4 Å². The summed E-state index contributed by atoms with van der Waals surface area (Å²) in [6, 6.07) is 24.8. The van der Waals surface area contributed by atoms with Gasteiger partial charge in [-0.2, -0.15) is 0 Å². The number of methoxy groups -OCH3 is 1. The largest absolute Gasteiger partial charge is 0.496 e. The normalized spacial score (nSPS) is 10.8. The van der Waals surface area contributed by atoms with Crippen LogP contribution in [0.3, 0.4) is 0 Å². The van der Waals surface area contributed by atoms with Gasteiger partial charge in [-0.15, -0.1) is 10.2 Å². The van der Waals surface area contributed by atoms with Crippen molar-refractivity contribution >= 4 is 0 Å². The van der Waals surface area contributed by atoms with Gasteiger partial charge in [0.05, 0.1) is 18.2 Å². The lowest BCUT2D eigenvalue weighted by Crippen LogP contribution is -1.99. The number of aryl methyl sites for hydroxylation is 1. The highest BCUT2D eigenvalue weighted by Gasteiger charge is 2.18. The van der Waals surface area contributed by atoms with Crippen LogP contribution < -0.4 is 9.47 Å². The second-order valence-electron chi connectivity index (χ2n) is 7.29. The molecule has 0 radical (unpaired) electrons. The maximum Gasteiger partial charge on any atom is 0.251 e. The number of oxazole rings is 1.